The van der Waals surface area contributed by atoms with Crippen molar-refractivity contribution in [3.63, 3.8) is 0 Å². The molecule has 7 nitrogen and oxygen atoms in total. The van der Waals surface area contributed by atoms with Crippen LogP contribution in [0.25, 0.3) is 0 Å². The third-order valence-electron chi connectivity index (χ3n) is 4.64. The summed E-state index contributed by atoms with van der Waals surface area (Å²) in [5.41, 5.74) is 0.722. The van der Waals surface area contributed by atoms with E-state index in [9.17, 15) is 8.78 Å². The average Bonchev–Trinajstić information content (AvgIpc) is 3.29. The molecule has 0 spiro atoms. The number of aliphatic imine (C=N–C) groups is 1. The van der Waals surface area contributed by atoms with Crippen LogP contribution in [0, 0.1) is 17.6 Å². The highest BCUT2D eigenvalue weighted by Crippen LogP contribution is 2.24. The number of aryl methyl sites for hydroxylation is 1. The zero-order chi connectivity index (χ0) is 19.2. The monoisotopic (exact) mass is 505 g/mol. The molecular weight excluding hydrogens is 479 g/mol. The molecule has 2 heterocycles. The van der Waals surface area contributed by atoms with Gasteiger partial charge in [-0.05, 0) is 31.4 Å². The zero-order valence-corrected chi connectivity index (χ0v) is 18.4. The van der Waals surface area contributed by atoms with Gasteiger partial charge in [0.05, 0.1) is 0 Å². The normalized spacial score (nSPS) is 16.8. The standard InChI is InChI=1S/C18H25F2N7.HI/c1-3-21-18(23-10-17-24-12-25-26(17)2)22-9-13-6-7-27(11-13)14-4-5-15(19)16(20)8-14;/h4-5,8,12-13H,3,6-7,9-11H2,1-2H3,(H2,21,22,23);1H. The van der Waals surface area contributed by atoms with Crippen molar-refractivity contribution in [3.8, 4) is 0 Å². The second-order valence-electron chi connectivity index (χ2n) is 6.58. The molecule has 1 atom stereocenters. The lowest BCUT2D eigenvalue weighted by molar-refractivity contribution is 0.508. The predicted molar refractivity (Wildman–Crippen MR) is 116 cm³/mol. The van der Waals surface area contributed by atoms with Gasteiger partial charge in [0.15, 0.2) is 17.6 Å². The van der Waals surface area contributed by atoms with Crippen LogP contribution in [0.4, 0.5) is 14.5 Å². The van der Waals surface area contributed by atoms with E-state index in [1.54, 1.807) is 10.7 Å². The first-order valence-electron chi connectivity index (χ1n) is 9.12. The van der Waals surface area contributed by atoms with Gasteiger partial charge < -0.3 is 15.5 Å². The fourth-order valence-corrected chi connectivity index (χ4v) is 3.11. The smallest absolute Gasteiger partial charge is 0.191 e. The first-order chi connectivity index (χ1) is 13.1. The van der Waals surface area contributed by atoms with Crippen LogP contribution in [-0.2, 0) is 13.6 Å². The van der Waals surface area contributed by atoms with Gasteiger partial charge in [0.25, 0.3) is 0 Å². The number of hydrogen-bond acceptors (Lipinski definition) is 4. The Balaban J connectivity index is 0.00000280. The van der Waals surface area contributed by atoms with Crippen LogP contribution < -0.4 is 15.5 Å². The molecule has 0 saturated carbocycles. The summed E-state index contributed by atoms with van der Waals surface area (Å²) in [5.74, 6) is 0.297. The Morgan fingerprint density at radius 1 is 1.29 bits per heavy atom. The van der Waals surface area contributed by atoms with Crippen LogP contribution in [0.2, 0.25) is 0 Å². The van der Waals surface area contributed by atoms with Gasteiger partial charge in [0.1, 0.15) is 18.7 Å². The molecule has 1 aliphatic heterocycles. The third-order valence-corrected chi connectivity index (χ3v) is 4.64. The molecule has 2 N–H and O–H groups in total. The Labute approximate surface area is 180 Å². The molecule has 10 heteroatoms. The second kappa shape index (κ2) is 10.5. The molecule has 1 fully saturated rings. The quantitative estimate of drug-likeness (QED) is 0.359. The topological polar surface area (TPSA) is 70.4 Å². The highest BCUT2D eigenvalue weighted by atomic mass is 127. The van der Waals surface area contributed by atoms with Crippen molar-refractivity contribution in [2.45, 2.75) is 19.9 Å². The Bertz CT molecular complexity index is 796. The molecule has 154 valence electrons. The number of benzene rings is 1. The maximum atomic E-state index is 13.4. The molecule has 28 heavy (non-hydrogen) atoms. The van der Waals surface area contributed by atoms with Gasteiger partial charge >= 0.3 is 0 Å². The highest BCUT2D eigenvalue weighted by Gasteiger charge is 2.23. The molecule has 0 aliphatic carbocycles. The van der Waals surface area contributed by atoms with Crippen LogP contribution in [0.3, 0.4) is 0 Å². The third kappa shape index (κ3) is 5.76. The fourth-order valence-electron chi connectivity index (χ4n) is 3.11. The van der Waals surface area contributed by atoms with E-state index in [1.165, 1.54) is 18.5 Å². The van der Waals surface area contributed by atoms with E-state index in [0.717, 1.165) is 50.1 Å². The first kappa shape index (κ1) is 22.3. The number of nitrogens with one attached hydrogen (secondary N) is 2. The Morgan fingerprint density at radius 3 is 2.79 bits per heavy atom. The van der Waals surface area contributed by atoms with Gasteiger partial charge in [-0.1, -0.05) is 0 Å². The zero-order valence-electron chi connectivity index (χ0n) is 16.0. The lowest BCUT2D eigenvalue weighted by atomic mass is 10.1. The Kier molecular flexibility index (Phi) is 8.39. The molecule has 1 aromatic carbocycles. The number of halogens is 3. The van der Waals surface area contributed by atoms with Crippen molar-refractivity contribution in [3.05, 3.63) is 42.0 Å². The summed E-state index contributed by atoms with van der Waals surface area (Å²) >= 11 is 0. The molecule has 1 unspecified atom stereocenters. The van der Waals surface area contributed by atoms with Gasteiger partial charge in [-0.15, -0.1) is 24.0 Å². The number of hydrogen-bond donors (Lipinski definition) is 2. The summed E-state index contributed by atoms with van der Waals surface area (Å²) in [6.07, 6.45) is 2.49. The van der Waals surface area contributed by atoms with Crippen LogP contribution in [0.15, 0.2) is 29.5 Å². The first-order valence-corrected chi connectivity index (χ1v) is 9.12. The summed E-state index contributed by atoms with van der Waals surface area (Å²) in [6, 6.07) is 4.07. The molecule has 3 rings (SSSR count). The minimum Gasteiger partial charge on any atom is -0.371 e. The molecule has 1 aromatic heterocycles. The van der Waals surface area contributed by atoms with Crippen molar-refractivity contribution in [2.75, 3.05) is 31.1 Å². The van der Waals surface area contributed by atoms with Gasteiger partial charge in [0, 0.05) is 45.0 Å². The van der Waals surface area contributed by atoms with Gasteiger partial charge in [-0.25, -0.2) is 18.8 Å². The molecule has 1 saturated heterocycles. The van der Waals surface area contributed by atoms with Crippen LogP contribution in [0.1, 0.15) is 19.2 Å². The van der Waals surface area contributed by atoms with Gasteiger partial charge in [-0.3, -0.25) is 4.68 Å². The maximum absolute atomic E-state index is 13.4. The van der Waals surface area contributed by atoms with Crippen molar-refractivity contribution in [1.29, 1.82) is 0 Å². The number of anilines is 1. The predicted octanol–water partition coefficient (Wildman–Crippen LogP) is 2.29. The van der Waals surface area contributed by atoms with E-state index >= 15 is 0 Å². The van der Waals surface area contributed by atoms with Gasteiger partial charge in [-0.2, -0.15) is 5.10 Å². The molecular formula is C18H26F2IN7. The second-order valence-corrected chi connectivity index (χ2v) is 6.58. The van der Waals surface area contributed by atoms with E-state index in [-0.39, 0.29) is 24.0 Å². The summed E-state index contributed by atoms with van der Waals surface area (Å²) in [5, 5.41) is 10.6. The van der Waals surface area contributed by atoms with Crippen molar-refractivity contribution >= 4 is 35.6 Å². The maximum Gasteiger partial charge on any atom is 0.191 e. The lowest BCUT2D eigenvalue weighted by Crippen LogP contribution is -2.40. The minimum atomic E-state index is -0.814. The largest absolute Gasteiger partial charge is 0.371 e. The van der Waals surface area contributed by atoms with E-state index in [2.05, 4.69) is 30.6 Å². The lowest BCUT2D eigenvalue weighted by Gasteiger charge is -2.19. The Hall–Kier alpha value is -1.98. The minimum absolute atomic E-state index is 0. The number of nitrogens with zero attached hydrogens (tertiary/aromatic N) is 5. The average molecular weight is 505 g/mol. The molecule has 1 aliphatic rings. The van der Waals surface area contributed by atoms with Crippen LogP contribution >= 0.6 is 24.0 Å². The fraction of sp³-hybridized carbons (Fsp3) is 0.500. The van der Waals surface area contributed by atoms with Crippen molar-refractivity contribution < 1.29 is 8.78 Å². The van der Waals surface area contributed by atoms with E-state index in [4.69, 9.17) is 0 Å². The highest BCUT2D eigenvalue weighted by molar-refractivity contribution is 14.0. The number of guanidine groups is 1. The SMILES string of the molecule is CCNC(=NCc1ncnn1C)NCC1CCN(c2ccc(F)c(F)c2)C1.I. The molecule has 2 aromatic rings. The van der Waals surface area contributed by atoms with Crippen LogP contribution in [-0.4, -0.2) is 46.9 Å². The summed E-state index contributed by atoms with van der Waals surface area (Å²) in [4.78, 5) is 10.8. The summed E-state index contributed by atoms with van der Waals surface area (Å²) in [7, 11) is 1.84. The van der Waals surface area contributed by atoms with E-state index in [0.29, 0.717) is 12.5 Å². The van der Waals surface area contributed by atoms with Gasteiger partial charge in [0.2, 0.25) is 0 Å². The number of rotatable bonds is 6. The van der Waals surface area contributed by atoms with Crippen LogP contribution in [0.5, 0.6) is 0 Å². The number of aromatic nitrogens is 3. The van der Waals surface area contributed by atoms with Crippen molar-refractivity contribution in [1.82, 2.24) is 25.4 Å². The molecule has 0 bridgehead atoms. The molecule has 0 radical (unpaired) electrons. The van der Waals surface area contributed by atoms with E-state index < -0.39 is 11.6 Å². The molecule has 0 amide bonds. The Morgan fingerprint density at radius 2 is 2.11 bits per heavy atom. The summed E-state index contributed by atoms with van der Waals surface area (Å²) in [6.45, 7) is 5.59. The summed E-state index contributed by atoms with van der Waals surface area (Å²) < 4.78 is 28.3. The van der Waals surface area contributed by atoms with E-state index in [1.807, 2.05) is 14.0 Å². The van der Waals surface area contributed by atoms with Crippen molar-refractivity contribution in [2.24, 2.45) is 18.0 Å².